The molecule has 0 bridgehead atoms. The van der Waals surface area contributed by atoms with Gasteiger partial charge in [0.2, 0.25) is 5.91 Å². The van der Waals surface area contributed by atoms with Gasteiger partial charge in [-0.05, 0) is 51.2 Å². The van der Waals surface area contributed by atoms with E-state index in [1.165, 1.54) is 12.1 Å². The Bertz CT molecular complexity index is 444. The van der Waals surface area contributed by atoms with E-state index in [1.54, 1.807) is 12.1 Å². The van der Waals surface area contributed by atoms with Crippen LogP contribution in [0, 0.1) is 5.82 Å². The third-order valence-corrected chi connectivity index (χ3v) is 3.76. The quantitative estimate of drug-likeness (QED) is 0.864. The largest absolute Gasteiger partial charge is 0.326 e. The van der Waals surface area contributed by atoms with Crippen molar-refractivity contribution in [2.45, 2.75) is 25.3 Å². The Morgan fingerprint density at radius 3 is 2.80 bits per heavy atom. The molecule has 4 nitrogen and oxygen atoms in total. The summed E-state index contributed by atoms with van der Waals surface area (Å²) in [5.74, 6) is -0.400. The molecule has 0 unspecified atom stereocenters. The molecule has 1 aromatic rings. The highest BCUT2D eigenvalue weighted by Gasteiger charge is 2.17. The number of carbonyl (C=O) groups excluding carboxylic acids is 1. The second-order valence-electron chi connectivity index (χ2n) is 5.21. The zero-order valence-corrected chi connectivity index (χ0v) is 11.9. The molecule has 1 saturated heterocycles. The highest BCUT2D eigenvalue weighted by Crippen LogP contribution is 2.12. The highest BCUT2D eigenvalue weighted by atomic mass is 19.1. The van der Waals surface area contributed by atoms with E-state index in [1.807, 2.05) is 7.05 Å². The third kappa shape index (κ3) is 4.58. The first-order valence-corrected chi connectivity index (χ1v) is 7.12. The number of piperidine rings is 1. The van der Waals surface area contributed by atoms with E-state index < -0.39 is 0 Å². The molecule has 2 rings (SSSR count). The number of rotatable bonds is 5. The van der Waals surface area contributed by atoms with Gasteiger partial charge in [-0.2, -0.15) is 0 Å². The molecule has 20 heavy (non-hydrogen) atoms. The van der Waals surface area contributed by atoms with Crippen LogP contribution in [0.25, 0.3) is 0 Å². The summed E-state index contributed by atoms with van der Waals surface area (Å²) in [4.78, 5) is 14.1. The fourth-order valence-electron chi connectivity index (χ4n) is 2.49. The first kappa shape index (κ1) is 14.9. The van der Waals surface area contributed by atoms with Crippen LogP contribution in [0.1, 0.15) is 19.3 Å². The maximum absolute atomic E-state index is 13.0. The summed E-state index contributed by atoms with van der Waals surface area (Å²) < 4.78 is 13.0. The maximum Gasteiger partial charge on any atom is 0.225 e. The fourth-order valence-corrected chi connectivity index (χ4v) is 2.49. The Morgan fingerprint density at radius 1 is 1.40 bits per heavy atom. The lowest BCUT2D eigenvalue weighted by atomic mass is 10.1. The number of carbonyl (C=O) groups is 1. The lowest BCUT2D eigenvalue weighted by Crippen LogP contribution is -2.42. The SMILES string of the molecule is CNC1CCN(CCC(=O)Nc2cccc(F)c2)CC1. The smallest absolute Gasteiger partial charge is 0.225 e. The van der Waals surface area contributed by atoms with E-state index in [9.17, 15) is 9.18 Å². The van der Waals surface area contributed by atoms with Crippen molar-refractivity contribution in [3.05, 3.63) is 30.1 Å². The van der Waals surface area contributed by atoms with Gasteiger partial charge in [0.1, 0.15) is 5.82 Å². The molecule has 1 heterocycles. The molecule has 1 aliphatic heterocycles. The van der Waals surface area contributed by atoms with Gasteiger partial charge in [0.05, 0.1) is 0 Å². The first-order chi connectivity index (χ1) is 9.67. The number of amides is 1. The standard InChI is InChI=1S/C15H22FN3O/c1-17-13-5-8-19(9-6-13)10-7-15(20)18-14-4-2-3-12(16)11-14/h2-4,11,13,17H,5-10H2,1H3,(H,18,20). The molecule has 5 heteroatoms. The van der Waals surface area contributed by atoms with Gasteiger partial charge in [-0.25, -0.2) is 4.39 Å². The van der Waals surface area contributed by atoms with E-state index in [0.717, 1.165) is 32.5 Å². The van der Waals surface area contributed by atoms with Gasteiger partial charge >= 0.3 is 0 Å². The monoisotopic (exact) mass is 279 g/mol. The Labute approximate surface area is 119 Å². The van der Waals surface area contributed by atoms with Crippen LogP contribution < -0.4 is 10.6 Å². The van der Waals surface area contributed by atoms with Crippen molar-refractivity contribution in [2.24, 2.45) is 0 Å². The van der Waals surface area contributed by atoms with Gasteiger partial charge in [0, 0.05) is 24.7 Å². The highest BCUT2D eigenvalue weighted by molar-refractivity contribution is 5.90. The summed E-state index contributed by atoms with van der Waals surface area (Å²) in [7, 11) is 1.99. The number of nitrogens with one attached hydrogen (secondary N) is 2. The van der Waals surface area contributed by atoms with Gasteiger partial charge in [-0.1, -0.05) is 6.07 Å². The molecule has 1 aromatic carbocycles. The van der Waals surface area contributed by atoms with Gasteiger partial charge in [-0.15, -0.1) is 0 Å². The average molecular weight is 279 g/mol. The summed E-state index contributed by atoms with van der Waals surface area (Å²) >= 11 is 0. The molecule has 1 aliphatic rings. The van der Waals surface area contributed by atoms with Crippen LogP contribution in [0.4, 0.5) is 10.1 Å². The molecular weight excluding hydrogens is 257 g/mol. The van der Waals surface area contributed by atoms with E-state index in [0.29, 0.717) is 18.2 Å². The minimum absolute atomic E-state index is 0.0636. The van der Waals surface area contributed by atoms with E-state index in [2.05, 4.69) is 15.5 Å². The Kier molecular flexibility index (Phi) is 5.49. The van der Waals surface area contributed by atoms with Crippen LogP contribution in [-0.2, 0) is 4.79 Å². The molecule has 1 amide bonds. The molecule has 0 atom stereocenters. The number of hydrogen-bond donors (Lipinski definition) is 2. The second-order valence-corrected chi connectivity index (χ2v) is 5.21. The molecule has 0 aliphatic carbocycles. The van der Waals surface area contributed by atoms with E-state index in [4.69, 9.17) is 0 Å². The molecule has 0 aromatic heterocycles. The normalized spacial score (nSPS) is 17.1. The van der Waals surface area contributed by atoms with Crippen molar-refractivity contribution in [1.29, 1.82) is 0 Å². The van der Waals surface area contributed by atoms with Crippen LogP contribution in [0.2, 0.25) is 0 Å². The van der Waals surface area contributed by atoms with Crippen LogP contribution in [0.3, 0.4) is 0 Å². The summed E-state index contributed by atoms with van der Waals surface area (Å²) in [5, 5.41) is 6.01. The van der Waals surface area contributed by atoms with Crippen molar-refractivity contribution in [1.82, 2.24) is 10.2 Å². The number of nitrogens with zero attached hydrogens (tertiary/aromatic N) is 1. The van der Waals surface area contributed by atoms with Crippen LogP contribution in [0.15, 0.2) is 24.3 Å². The summed E-state index contributed by atoms with van der Waals surface area (Å²) in [6, 6.07) is 6.58. The third-order valence-electron chi connectivity index (χ3n) is 3.76. The minimum atomic E-state index is -0.336. The topological polar surface area (TPSA) is 44.4 Å². The lowest BCUT2D eigenvalue weighted by Gasteiger charge is -2.31. The van der Waals surface area contributed by atoms with E-state index >= 15 is 0 Å². The summed E-state index contributed by atoms with van der Waals surface area (Å²) in [6.45, 7) is 2.81. The average Bonchev–Trinajstić information content (AvgIpc) is 2.46. The number of anilines is 1. The Balaban J connectivity index is 1.70. The van der Waals surface area contributed by atoms with Crippen LogP contribution in [-0.4, -0.2) is 43.5 Å². The summed E-state index contributed by atoms with van der Waals surface area (Å²) in [6.07, 6.45) is 2.70. The molecule has 0 saturated carbocycles. The molecule has 0 radical (unpaired) electrons. The second kappa shape index (κ2) is 7.36. The van der Waals surface area contributed by atoms with Gasteiger partial charge in [-0.3, -0.25) is 4.79 Å². The molecule has 0 spiro atoms. The Morgan fingerprint density at radius 2 is 2.15 bits per heavy atom. The van der Waals surface area contributed by atoms with Crippen LogP contribution >= 0.6 is 0 Å². The molecule has 2 N–H and O–H groups in total. The first-order valence-electron chi connectivity index (χ1n) is 7.12. The minimum Gasteiger partial charge on any atom is -0.326 e. The number of benzene rings is 1. The maximum atomic E-state index is 13.0. The number of likely N-dealkylation sites (tertiary alicyclic amines) is 1. The predicted octanol–water partition coefficient (Wildman–Crippen LogP) is 1.84. The molecule has 110 valence electrons. The van der Waals surface area contributed by atoms with Crippen molar-refractivity contribution < 1.29 is 9.18 Å². The lowest BCUT2D eigenvalue weighted by molar-refractivity contribution is -0.116. The fraction of sp³-hybridized carbons (Fsp3) is 0.533. The van der Waals surface area contributed by atoms with Crippen LogP contribution in [0.5, 0.6) is 0 Å². The van der Waals surface area contributed by atoms with Gasteiger partial charge in [0.25, 0.3) is 0 Å². The molecular formula is C15H22FN3O. The summed E-state index contributed by atoms with van der Waals surface area (Å²) in [5.41, 5.74) is 0.517. The zero-order chi connectivity index (χ0) is 14.4. The van der Waals surface area contributed by atoms with Crippen molar-refractivity contribution in [2.75, 3.05) is 32.0 Å². The Hall–Kier alpha value is -1.46. The van der Waals surface area contributed by atoms with Crippen molar-refractivity contribution in [3.8, 4) is 0 Å². The van der Waals surface area contributed by atoms with E-state index in [-0.39, 0.29) is 11.7 Å². The predicted molar refractivity (Wildman–Crippen MR) is 78.2 cm³/mol. The molecule has 1 fully saturated rings. The zero-order valence-electron chi connectivity index (χ0n) is 11.9. The van der Waals surface area contributed by atoms with Crippen molar-refractivity contribution >= 4 is 11.6 Å². The number of halogens is 1. The van der Waals surface area contributed by atoms with Gasteiger partial charge < -0.3 is 15.5 Å². The van der Waals surface area contributed by atoms with Crippen molar-refractivity contribution in [3.63, 3.8) is 0 Å². The number of hydrogen-bond acceptors (Lipinski definition) is 3. The van der Waals surface area contributed by atoms with Gasteiger partial charge in [0.15, 0.2) is 0 Å².